The van der Waals surface area contributed by atoms with Gasteiger partial charge in [0.05, 0.1) is 6.61 Å². The molecule has 1 heterocycles. The molecular weight excluding hydrogens is 272 g/mol. The monoisotopic (exact) mass is 296 g/mol. The molecule has 0 unspecified atom stereocenters. The maximum absolute atomic E-state index is 5.77. The summed E-state index contributed by atoms with van der Waals surface area (Å²) >= 11 is 0. The van der Waals surface area contributed by atoms with Crippen molar-refractivity contribution < 1.29 is 4.74 Å². The molecule has 0 aromatic heterocycles. The van der Waals surface area contributed by atoms with Crippen LogP contribution in [0.4, 0.5) is 5.69 Å². The minimum atomic E-state index is 0.775. The van der Waals surface area contributed by atoms with E-state index in [0.29, 0.717) is 0 Å². The molecule has 3 heteroatoms. The Morgan fingerprint density at radius 1 is 1.05 bits per heavy atom. The summed E-state index contributed by atoms with van der Waals surface area (Å²) in [4.78, 5) is 2.50. The fourth-order valence-electron chi connectivity index (χ4n) is 3.00. The topological polar surface area (TPSA) is 24.5 Å². The highest BCUT2D eigenvalue weighted by molar-refractivity contribution is 5.56. The summed E-state index contributed by atoms with van der Waals surface area (Å²) in [5, 5.41) is 3.47. The summed E-state index contributed by atoms with van der Waals surface area (Å²) < 4.78 is 5.77. The van der Waals surface area contributed by atoms with Crippen LogP contribution in [0.3, 0.4) is 0 Å². The number of anilines is 1. The van der Waals surface area contributed by atoms with Crippen molar-refractivity contribution in [2.45, 2.75) is 26.4 Å². The highest BCUT2D eigenvalue weighted by Gasteiger charge is 2.20. The number of hydrogen-bond acceptors (Lipinski definition) is 3. The van der Waals surface area contributed by atoms with Gasteiger partial charge in [0.25, 0.3) is 0 Å². The van der Waals surface area contributed by atoms with Crippen LogP contribution in [0.2, 0.25) is 0 Å². The third-order valence-electron chi connectivity index (χ3n) is 4.05. The van der Waals surface area contributed by atoms with E-state index in [-0.39, 0.29) is 0 Å². The Bertz CT molecular complexity index is 598. The highest BCUT2D eigenvalue weighted by Crippen LogP contribution is 2.29. The zero-order valence-corrected chi connectivity index (χ0v) is 13.2. The van der Waals surface area contributed by atoms with E-state index in [1.165, 1.54) is 16.8 Å². The second kappa shape index (κ2) is 7.32. The SMILES string of the molecule is CCNc1cccc2c1CN(CCCOc1ccccc1)C2. The first kappa shape index (κ1) is 14.9. The van der Waals surface area contributed by atoms with Gasteiger partial charge in [-0.3, -0.25) is 4.90 Å². The van der Waals surface area contributed by atoms with Crippen LogP contribution in [0.25, 0.3) is 0 Å². The molecular formula is C19H24N2O. The molecule has 0 radical (unpaired) electrons. The molecule has 0 spiro atoms. The van der Waals surface area contributed by atoms with Crippen LogP contribution in [0, 0.1) is 0 Å². The molecule has 3 rings (SSSR count). The predicted octanol–water partition coefficient (Wildman–Crippen LogP) is 3.90. The molecule has 116 valence electrons. The number of para-hydroxylation sites is 1. The molecule has 0 saturated heterocycles. The molecule has 2 aromatic carbocycles. The lowest BCUT2D eigenvalue weighted by Crippen LogP contribution is -2.19. The Morgan fingerprint density at radius 3 is 2.73 bits per heavy atom. The molecule has 0 aliphatic carbocycles. The van der Waals surface area contributed by atoms with Gasteiger partial charge < -0.3 is 10.1 Å². The van der Waals surface area contributed by atoms with Crippen molar-refractivity contribution >= 4 is 5.69 Å². The van der Waals surface area contributed by atoms with Gasteiger partial charge in [0, 0.05) is 31.9 Å². The summed E-state index contributed by atoms with van der Waals surface area (Å²) in [7, 11) is 0. The van der Waals surface area contributed by atoms with Crippen molar-refractivity contribution in [3.8, 4) is 5.75 Å². The van der Waals surface area contributed by atoms with Crippen LogP contribution >= 0.6 is 0 Å². The highest BCUT2D eigenvalue weighted by atomic mass is 16.5. The molecule has 1 N–H and O–H groups in total. The number of fused-ring (bicyclic) bond motifs is 1. The van der Waals surface area contributed by atoms with E-state index in [9.17, 15) is 0 Å². The number of nitrogens with one attached hydrogen (secondary N) is 1. The molecule has 22 heavy (non-hydrogen) atoms. The van der Waals surface area contributed by atoms with Gasteiger partial charge in [0.1, 0.15) is 5.75 Å². The van der Waals surface area contributed by atoms with Crippen LogP contribution in [0.5, 0.6) is 5.75 Å². The Kier molecular flexibility index (Phi) is 4.96. The number of ether oxygens (including phenoxy) is 1. The largest absolute Gasteiger partial charge is 0.494 e. The lowest BCUT2D eigenvalue weighted by molar-refractivity contribution is 0.238. The van der Waals surface area contributed by atoms with Crippen molar-refractivity contribution in [1.82, 2.24) is 4.90 Å². The molecule has 3 nitrogen and oxygen atoms in total. The molecule has 0 amide bonds. The van der Waals surface area contributed by atoms with Crippen LogP contribution in [0.15, 0.2) is 48.5 Å². The lowest BCUT2D eigenvalue weighted by Gasteiger charge is -2.15. The molecule has 0 bridgehead atoms. The molecule has 1 aliphatic heterocycles. The second-order valence-corrected chi connectivity index (χ2v) is 5.70. The average molecular weight is 296 g/mol. The Labute approximate surface area is 132 Å². The van der Waals surface area contributed by atoms with Crippen LogP contribution in [-0.4, -0.2) is 24.6 Å². The fourth-order valence-corrected chi connectivity index (χ4v) is 3.00. The van der Waals surface area contributed by atoms with Gasteiger partial charge in [0.15, 0.2) is 0 Å². The van der Waals surface area contributed by atoms with Crippen molar-refractivity contribution in [2.75, 3.05) is 25.0 Å². The van der Waals surface area contributed by atoms with E-state index < -0.39 is 0 Å². The van der Waals surface area contributed by atoms with Crippen LogP contribution in [0.1, 0.15) is 24.5 Å². The van der Waals surface area contributed by atoms with Crippen molar-refractivity contribution in [2.24, 2.45) is 0 Å². The summed E-state index contributed by atoms with van der Waals surface area (Å²) in [6.07, 6.45) is 1.05. The van der Waals surface area contributed by atoms with Gasteiger partial charge in [-0.05, 0) is 42.7 Å². The van der Waals surface area contributed by atoms with E-state index in [2.05, 4.69) is 35.3 Å². The van der Waals surface area contributed by atoms with Gasteiger partial charge in [-0.15, -0.1) is 0 Å². The number of benzene rings is 2. The third-order valence-corrected chi connectivity index (χ3v) is 4.05. The quantitative estimate of drug-likeness (QED) is 0.784. The lowest BCUT2D eigenvalue weighted by atomic mass is 10.1. The fraction of sp³-hybridized carbons (Fsp3) is 0.368. The summed E-state index contributed by atoms with van der Waals surface area (Å²) in [6, 6.07) is 16.6. The van der Waals surface area contributed by atoms with Crippen LogP contribution in [-0.2, 0) is 13.1 Å². The second-order valence-electron chi connectivity index (χ2n) is 5.70. The van der Waals surface area contributed by atoms with Gasteiger partial charge in [-0.2, -0.15) is 0 Å². The predicted molar refractivity (Wildman–Crippen MR) is 91.3 cm³/mol. The number of rotatable bonds is 7. The molecule has 0 saturated carbocycles. The molecule has 0 fully saturated rings. The van der Waals surface area contributed by atoms with Gasteiger partial charge in [0.2, 0.25) is 0 Å². The summed E-state index contributed by atoms with van der Waals surface area (Å²) in [5.41, 5.74) is 4.22. The maximum atomic E-state index is 5.77. The maximum Gasteiger partial charge on any atom is 0.119 e. The van der Waals surface area contributed by atoms with Crippen molar-refractivity contribution in [3.63, 3.8) is 0 Å². The van der Waals surface area contributed by atoms with E-state index in [1.807, 2.05) is 30.3 Å². The minimum absolute atomic E-state index is 0.775. The average Bonchev–Trinajstić information content (AvgIpc) is 2.97. The van der Waals surface area contributed by atoms with E-state index >= 15 is 0 Å². The first-order chi connectivity index (χ1) is 10.9. The third kappa shape index (κ3) is 3.60. The van der Waals surface area contributed by atoms with Gasteiger partial charge >= 0.3 is 0 Å². The summed E-state index contributed by atoms with van der Waals surface area (Å²) in [5.74, 6) is 0.960. The zero-order valence-electron chi connectivity index (χ0n) is 13.2. The van der Waals surface area contributed by atoms with E-state index in [0.717, 1.165) is 45.0 Å². The normalized spacial score (nSPS) is 13.9. The Morgan fingerprint density at radius 2 is 1.91 bits per heavy atom. The zero-order chi connectivity index (χ0) is 15.2. The first-order valence-electron chi connectivity index (χ1n) is 8.11. The van der Waals surface area contributed by atoms with E-state index in [4.69, 9.17) is 4.74 Å². The molecule has 2 aromatic rings. The van der Waals surface area contributed by atoms with Crippen LogP contribution < -0.4 is 10.1 Å². The minimum Gasteiger partial charge on any atom is -0.494 e. The van der Waals surface area contributed by atoms with E-state index in [1.54, 1.807) is 0 Å². The molecule has 0 atom stereocenters. The Hall–Kier alpha value is -2.00. The summed E-state index contributed by atoms with van der Waals surface area (Å²) in [6.45, 7) is 7.07. The first-order valence-corrected chi connectivity index (χ1v) is 8.11. The Balaban J connectivity index is 1.46. The standard InChI is InChI=1S/C19H24N2O/c1-2-20-19-11-6-8-16-14-21(15-18(16)19)12-7-13-22-17-9-4-3-5-10-17/h3-6,8-11,20H,2,7,12-15H2,1H3. The number of hydrogen-bond donors (Lipinski definition) is 1. The van der Waals surface area contributed by atoms with Crippen molar-refractivity contribution in [3.05, 3.63) is 59.7 Å². The van der Waals surface area contributed by atoms with Crippen molar-refractivity contribution in [1.29, 1.82) is 0 Å². The number of nitrogens with zero attached hydrogens (tertiary/aromatic N) is 1. The van der Waals surface area contributed by atoms with Gasteiger partial charge in [-0.25, -0.2) is 0 Å². The van der Waals surface area contributed by atoms with Gasteiger partial charge in [-0.1, -0.05) is 30.3 Å². The smallest absolute Gasteiger partial charge is 0.119 e. The molecule has 1 aliphatic rings.